The SMILES string of the molecule is C[C@@H]1C[C@]2(C[C@](C)(c3csc(Nc4ccccc4Cl)n3)OC2=O)C(=O)O1. The lowest BCUT2D eigenvalue weighted by Crippen LogP contribution is -2.31. The fraction of sp³-hybridized carbons (Fsp3) is 0.389. The highest BCUT2D eigenvalue weighted by atomic mass is 35.5. The predicted molar refractivity (Wildman–Crippen MR) is 97.5 cm³/mol. The summed E-state index contributed by atoms with van der Waals surface area (Å²) in [7, 11) is 0. The number of hydrogen-bond donors (Lipinski definition) is 1. The number of hydrogen-bond acceptors (Lipinski definition) is 7. The Hall–Kier alpha value is -2.12. The number of halogens is 1. The smallest absolute Gasteiger partial charge is 0.324 e. The zero-order chi connectivity index (χ0) is 18.5. The summed E-state index contributed by atoms with van der Waals surface area (Å²) in [6, 6.07) is 7.36. The highest BCUT2D eigenvalue weighted by Gasteiger charge is 2.65. The number of benzene rings is 1. The highest BCUT2D eigenvalue weighted by Crippen LogP contribution is 2.52. The number of anilines is 2. The first-order chi connectivity index (χ1) is 12.3. The van der Waals surface area contributed by atoms with Crippen LogP contribution < -0.4 is 5.32 Å². The molecular weight excluding hydrogens is 376 g/mol. The Morgan fingerprint density at radius 1 is 1.31 bits per heavy atom. The molecule has 0 radical (unpaired) electrons. The van der Waals surface area contributed by atoms with Crippen molar-refractivity contribution in [3.8, 4) is 0 Å². The maximum atomic E-state index is 12.5. The summed E-state index contributed by atoms with van der Waals surface area (Å²) in [5.74, 6) is -1.02. The van der Waals surface area contributed by atoms with Crippen molar-refractivity contribution in [1.29, 1.82) is 0 Å². The van der Waals surface area contributed by atoms with Gasteiger partial charge in [-0.25, -0.2) is 4.98 Å². The Bertz CT molecular complexity index is 901. The lowest BCUT2D eigenvalue weighted by Gasteiger charge is -2.20. The van der Waals surface area contributed by atoms with E-state index in [4.69, 9.17) is 21.1 Å². The van der Waals surface area contributed by atoms with Crippen molar-refractivity contribution in [2.45, 2.75) is 38.4 Å². The Labute approximate surface area is 159 Å². The fourth-order valence-corrected chi connectivity index (χ4v) is 4.63. The van der Waals surface area contributed by atoms with Gasteiger partial charge in [0.1, 0.15) is 6.10 Å². The van der Waals surface area contributed by atoms with Gasteiger partial charge in [0.05, 0.1) is 16.4 Å². The van der Waals surface area contributed by atoms with Crippen LogP contribution >= 0.6 is 22.9 Å². The molecule has 6 nitrogen and oxygen atoms in total. The number of carbonyl (C=O) groups excluding carboxylic acids is 2. The molecule has 0 aliphatic carbocycles. The van der Waals surface area contributed by atoms with Crippen LogP contribution in [0.2, 0.25) is 5.02 Å². The van der Waals surface area contributed by atoms with Gasteiger partial charge in [0.2, 0.25) is 0 Å². The van der Waals surface area contributed by atoms with Crippen molar-refractivity contribution in [2.75, 3.05) is 5.32 Å². The third kappa shape index (κ3) is 2.66. The lowest BCUT2D eigenvalue weighted by molar-refractivity contribution is -0.160. The van der Waals surface area contributed by atoms with Crippen molar-refractivity contribution in [3.05, 3.63) is 40.4 Å². The monoisotopic (exact) mass is 392 g/mol. The molecule has 8 heteroatoms. The standard InChI is InChI=1S/C18H17ClN2O4S/c1-10-7-18(14(22)24-10)9-17(2,25-15(18)23)13-8-26-16(21-13)20-12-6-4-3-5-11(12)19/h3-6,8,10H,7,9H2,1-2H3,(H,20,21)/t10-,17-,18+/m1/s1. The number of nitrogens with zero attached hydrogens (tertiary/aromatic N) is 1. The number of carbonyl (C=O) groups is 2. The van der Waals surface area contributed by atoms with E-state index < -0.39 is 23.0 Å². The van der Waals surface area contributed by atoms with Crippen molar-refractivity contribution >= 4 is 45.7 Å². The molecule has 1 aromatic heterocycles. The van der Waals surface area contributed by atoms with Crippen LogP contribution in [0.1, 0.15) is 32.4 Å². The van der Waals surface area contributed by atoms with Gasteiger partial charge < -0.3 is 14.8 Å². The molecule has 3 heterocycles. The molecule has 3 atom stereocenters. The summed E-state index contributed by atoms with van der Waals surface area (Å²) < 4.78 is 10.8. The maximum Gasteiger partial charge on any atom is 0.324 e. The summed E-state index contributed by atoms with van der Waals surface area (Å²) in [6.45, 7) is 3.56. The van der Waals surface area contributed by atoms with E-state index in [1.165, 1.54) is 11.3 Å². The van der Waals surface area contributed by atoms with Gasteiger partial charge in [0.15, 0.2) is 16.1 Å². The zero-order valence-corrected chi connectivity index (χ0v) is 15.8. The van der Waals surface area contributed by atoms with Crippen LogP contribution in [-0.4, -0.2) is 23.0 Å². The van der Waals surface area contributed by atoms with E-state index in [1.54, 1.807) is 19.9 Å². The van der Waals surface area contributed by atoms with Gasteiger partial charge in [-0.05, 0) is 26.0 Å². The van der Waals surface area contributed by atoms with E-state index in [2.05, 4.69) is 10.3 Å². The number of thiazole rings is 1. The van der Waals surface area contributed by atoms with Crippen LogP contribution in [0.15, 0.2) is 29.6 Å². The number of para-hydroxylation sites is 1. The largest absolute Gasteiger partial charge is 0.462 e. The third-order valence-electron chi connectivity index (χ3n) is 4.84. The first-order valence-electron chi connectivity index (χ1n) is 8.24. The van der Waals surface area contributed by atoms with E-state index in [-0.39, 0.29) is 12.5 Å². The van der Waals surface area contributed by atoms with Crippen LogP contribution in [0, 0.1) is 5.41 Å². The Balaban J connectivity index is 1.59. The Morgan fingerprint density at radius 2 is 2.08 bits per heavy atom. The van der Waals surface area contributed by atoms with Crippen LogP contribution in [0.4, 0.5) is 10.8 Å². The fourth-order valence-electron chi connectivity index (χ4n) is 3.60. The molecule has 0 bridgehead atoms. The first kappa shape index (κ1) is 17.3. The molecule has 1 aromatic carbocycles. The van der Waals surface area contributed by atoms with Gasteiger partial charge in [0, 0.05) is 18.2 Å². The number of ether oxygens (including phenoxy) is 2. The molecule has 2 aromatic rings. The predicted octanol–water partition coefficient (Wildman–Crippen LogP) is 4.02. The number of rotatable bonds is 3. The van der Waals surface area contributed by atoms with E-state index in [1.807, 2.05) is 23.6 Å². The van der Waals surface area contributed by atoms with E-state index in [0.29, 0.717) is 22.3 Å². The third-order valence-corrected chi connectivity index (χ3v) is 5.93. The van der Waals surface area contributed by atoms with E-state index in [0.717, 1.165) is 5.69 Å². The Kier molecular flexibility index (Phi) is 3.96. The molecule has 1 spiro atoms. The second-order valence-corrected chi connectivity index (χ2v) is 8.21. The number of cyclic esters (lactones) is 2. The molecule has 1 N–H and O–H groups in total. The average Bonchev–Trinajstić information content (AvgIpc) is 3.22. The van der Waals surface area contributed by atoms with E-state index >= 15 is 0 Å². The lowest BCUT2D eigenvalue weighted by atomic mass is 9.78. The summed E-state index contributed by atoms with van der Waals surface area (Å²) in [5.41, 5.74) is -0.825. The van der Waals surface area contributed by atoms with Crippen molar-refractivity contribution in [2.24, 2.45) is 5.41 Å². The molecule has 4 rings (SSSR count). The molecule has 0 unspecified atom stereocenters. The van der Waals surface area contributed by atoms with Crippen LogP contribution in [0.3, 0.4) is 0 Å². The Morgan fingerprint density at radius 3 is 2.77 bits per heavy atom. The van der Waals surface area contributed by atoms with Gasteiger partial charge in [-0.3, -0.25) is 9.59 Å². The van der Waals surface area contributed by atoms with Crippen molar-refractivity contribution < 1.29 is 19.1 Å². The van der Waals surface area contributed by atoms with Crippen LogP contribution in [0.25, 0.3) is 0 Å². The van der Waals surface area contributed by atoms with Gasteiger partial charge in [0.25, 0.3) is 0 Å². The topological polar surface area (TPSA) is 77.5 Å². The number of esters is 2. The van der Waals surface area contributed by atoms with E-state index in [9.17, 15) is 9.59 Å². The van der Waals surface area contributed by atoms with Gasteiger partial charge in [-0.15, -0.1) is 11.3 Å². The average molecular weight is 393 g/mol. The normalized spacial score (nSPS) is 30.5. The van der Waals surface area contributed by atoms with Gasteiger partial charge >= 0.3 is 11.9 Å². The summed E-state index contributed by atoms with van der Waals surface area (Å²) in [5, 5.41) is 6.21. The molecule has 2 aliphatic heterocycles. The zero-order valence-electron chi connectivity index (χ0n) is 14.2. The quantitative estimate of drug-likeness (QED) is 0.627. The molecule has 0 saturated carbocycles. The minimum Gasteiger partial charge on any atom is -0.462 e. The molecule has 2 fully saturated rings. The highest BCUT2D eigenvalue weighted by molar-refractivity contribution is 7.13. The number of aromatic nitrogens is 1. The van der Waals surface area contributed by atoms with Crippen LogP contribution in [0.5, 0.6) is 0 Å². The molecule has 26 heavy (non-hydrogen) atoms. The van der Waals surface area contributed by atoms with Gasteiger partial charge in [-0.1, -0.05) is 23.7 Å². The second-order valence-electron chi connectivity index (χ2n) is 6.94. The molecular formula is C18H17ClN2O4S. The summed E-state index contributed by atoms with van der Waals surface area (Å²) in [6.07, 6.45) is 0.289. The van der Waals surface area contributed by atoms with Crippen molar-refractivity contribution in [3.63, 3.8) is 0 Å². The molecule has 136 valence electrons. The van der Waals surface area contributed by atoms with Crippen LogP contribution in [-0.2, 0) is 24.7 Å². The summed E-state index contributed by atoms with van der Waals surface area (Å²) >= 11 is 7.54. The summed E-state index contributed by atoms with van der Waals surface area (Å²) in [4.78, 5) is 29.3. The van der Waals surface area contributed by atoms with Crippen molar-refractivity contribution in [1.82, 2.24) is 4.98 Å². The minimum absolute atomic E-state index is 0.233. The minimum atomic E-state index is -1.21. The first-order valence-corrected chi connectivity index (χ1v) is 9.50. The molecule has 2 aliphatic rings. The second kappa shape index (κ2) is 5.96. The molecule has 2 saturated heterocycles. The number of nitrogens with one attached hydrogen (secondary N) is 1. The van der Waals surface area contributed by atoms with Gasteiger partial charge in [-0.2, -0.15) is 0 Å². The maximum absolute atomic E-state index is 12.5. The molecule has 0 amide bonds.